The molecular formula is C11H12O2. The van der Waals surface area contributed by atoms with Crippen molar-refractivity contribution in [2.24, 2.45) is 0 Å². The van der Waals surface area contributed by atoms with Crippen LogP contribution in [0, 0.1) is 13.8 Å². The van der Waals surface area contributed by atoms with E-state index >= 15 is 0 Å². The summed E-state index contributed by atoms with van der Waals surface area (Å²) in [4.78, 5) is 22.0. The van der Waals surface area contributed by atoms with Gasteiger partial charge in [-0.15, -0.1) is 0 Å². The molecule has 0 aliphatic rings. The molecule has 0 bridgehead atoms. The number of carbonyl (C=O) groups is 2. The minimum absolute atomic E-state index is 0.0525. The van der Waals surface area contributed by atoms with Crippen molar-refractivity contribution in [2.75, 3.05) is 0 Å². The van der Waals surface area contributed by atoms with Crippen LogP contribution in [-0.4, -0.2) is 12.1 Å². The van der Waals surface area contributed by atoms with Gasteiger partial charge in [0.15, 0.2) is 12.1 Å². The fourth-order valence-corrected chi connectivity index (χ4v) is 1.45. The first-order chi connectivity index (χ1) is 6.07. The van der Waals surface area contributed by atoms with Crippen LogP contribution in [0.3, 0.4) is 0 Å². The molecule has 0 aliphatic carbocycles. The lowest BCUT2D eigenvalue weighted by Crippen LogP contribution is -2.03. The van der Waals surface area contributed by atoms with E-state index in [2.05, 4.69) is 0 Å². The van der Waals surface area contributed by atoms with Gasteiger partial charge in [0.1, 0.15) is 0 Å². The van der Waals surface area contributed by atoms with Crippen molar-refractivity contribution in [1.82, 2.24) is 0 Å². The molecule has 13 heavy (non-hydrogen) atoms. The van der Waals surface area contributed by atoms with E-state index in [-0.39, 0.29) is 5.78 Å². The van der Waals surface area contributed by atoms with Crippen molar-refractivity contribution in [2.45, 2.75) is 20.8 Å². The van der Waals surface area contributed by atoms with E-state index in [4.69, 9.17) is 0 Å². The Hall–Kier alpha value is -1.44. The molecule has 0 N–H and O–H groups in total. The number of hydrogen-bond acceptors (Lipinski definition) is 2. The molecule has 0 saturated carbocycles. The molecule has 2 heteroatoms. The zero-order valence-electron chi connectivity index (χ0n) is 8.05. The van der Waals surface area contributed by atoms with Crippen molar-refractivity contribution in [3.05, 3.63) is 34.4 Å². The van der Waals surface area contributed by atoms with Crippen molar-refractivity contribution in [1.29, 1.82) is 0 Å². The smallest absolute Gasteiger partial charge is 0.160 e. The van der Waals surface area contributed by atoms with Crippen molar-refractivity contribution in [3.63, 3.8) is 0 Å². The van der Waals surface area contributed by atoms with E-state index in [1.165, 1.54) is 6.92 Å². The molecule has 0 heterocycles. The standard InChI is InChI=1S/C11H12O2/c1-7-4-5-8(2)11(9(3)13)10(7)6-12/h4-6H,1-3H3. The maximum Gasteiger partial charge on any atom is 0.160 e. The van der Waals surface area contributed by atoms with E-state index in [1.54, 1.807) is 0 Å². The van der Waals surface area contributed by atoms with Gasteiger partial charge in [0.25, 0.3) is 0 Å². The van der Waals surface area contributed by atoms with Crippen molar-refractivity contribution in [3.8, 4) is 0 Å². The van der Waals surface area contributed by atoms with Crippen LogP contribution in [-0.2, 0) is 0 Å². The molecule has 1 aromatic rings. The first-order valence-corrected chi connectivity index (χ1v) is 4.14. The van der Waals surface area contributed by atoms with Gasteiger partial charge in [0.05, 0.1) is 0 Å². The van der Waals surface area contributed by atoms with Crippen LogP contribution in [0.25, 0.3) is 0 Å². The van der Waals surface area contributed by atoms with Crippen LogP contribution in [0.15, 0.2) is 12.1 Å². The highest BCUT2D eigenvalue weighted by molar-refractivity contribution is 6.03. The highest BCUT2D eigenvalue weighted by Gasteiger charge is 2.11. The number of hydrogen-bond donors (Lipinski definition) is 0. The van der Waals surface area contributed by atoms with Crippen LogP contribution in [0.5, 0.6) is 0 Å². The largest absolute Gasteiger partial charge is 0.298 e. The second-order valence-corrected chi connectivity index (χ2v) is 3.16. The lowest BCUT2D eigenvalue weighted by atomic mass is 9.96. The van der Waals surface area contributed by atoms with Crippen LogP contribution in [0.1, 0.15) is 38.8 Å². The lowest BCUT2D eigenvalue weighted by molar-refractivity contribution is 0.100. The Kier molecular flexibility index (Phi) is 2.61. The number of aryl methyl sites for hydroxylation is 2. The Morgan fingerprint density at radius 1 is 1.23 bits per heavy atom. The summed E-state index contributed by atoms with van der Waals surface area (Å²) in [6.45, 7) is 5.15. The van der Waals surface area contributed by atoms with E-state index in [9.17, 15) is 9.59 Å². The molecule has 0 aromatic heterocycles. The summed E-state index contributed by atoms with van der Waals surface area (Å²) in [5.74, 6) is -0.0525. The molecule has 0 atom stereocenters. The van der Waals surface area contributed by atoms with Gasteiger partial charge in [-0.3, -0.25) is 9.59 Å². The normalized spacial score (nSPS) is 9.77. The first kappa shape index (κ1) is 9.65. The molecule has 0 fully saturated rings. The van der Waals surface area contributed by atoms with Crippen LogP contribution < -0.4 is 0 Å². The minimum atomic E-state index is -0.0525. The molecule has 0 spiro atoms. The van der Waals surface area contributed by atoms with Gasteiger partial charge in [-0.1, -0.05) is 12.1 Å². The van der Waals surface area contributed by atoms with Gasteiger partial charge in [0, 0.05) is 11.1 Å². The molecule has 68 valence electrons. The van der Waals surface area contributed by atoms with Crippen molar-refractivity contribution < 1.29 is 9.59 Å². The fourth-order valence-electron chi connectivity index (χ4n) is 1.45. The Morgan fingerprint density at radius 3 is 2.15 bits per heavy atom. The maximum absolute atomic E-state index is 11.2. The topological polar surface area (TPSA) is 34.1 Å². The first-order valence-electron chi connectivity index (χ1n) is 4.14. The van der Waals surface area contributed by atoms with E-state index in [0.717, 1.165) is 17.4 Å². The van der Waals surface area contributed by atoms with Gasteiger partial charge >= 0.3 is 0 Å². The third kappa shape index (κ3) is 1.66. The predicted octanol–water partition coefficient (Wildman–Crippen LogP) is 2.32. The summed E-state index contributed by atoms with van der Waals surface area (Å²) in [6.07, 6.45) is 0.749. The second-order valence-electron chi connectivity index (χ2n) is 3.16. The number of carbonyl (C=O) groups excluding carboxylic acids is 2. The highest BCUT2D eigenvalue weighted by atomic mass is 16.1. The Labute approximate surface area is 77.6 Å². The average Bonchev–Trinajstić information content (AvgIpc) is 2.07. The number of rotatable bonds is 2. The molecule has 0 saturated heterocycles. The Bertz CT molecular complexity index is 365. The number of ketones is 1. The summed E-state index contributed by atoms with van der Waals surface area (Å²) in [5, 5.41) is 0. The van der Waals surface area contributed by atoms with Crippen LogP contribution >= 0.6 is 0 Å². The van der Waals surface area contributed by atoms with Gasteiger partial charge < -0.3 is 0 Å². The predicted molar refractivity (Wildman–Crippen MR) is 51.3 cm³/mol. The molecule has 0 radical (unpaired) electrons. The lowest BCUT2D eigenvalue weighted by Gasteiger charge is -2.07. The quantitative estimate of drug-likeness (QED) is 0.512. The third-order valence-corrected chi connectivity index (χ3v) is 2.14. The molecule has 0 amide bonds. The zero-order valence-corrected chi connectivity index (χ0v) is 8.05. The van der Waals surface area contributed by atoms with Gasteiger partial charge in [-0.25, -0.2) is 0 Å². The SMILES string of the molecule is CC(=O)c1c(C)ccc(C)c1C=O. The number of Topliss-reactive ketones (excluding diaryl/α,β-unsaturated/α-hetero) is 1. The van der Waals surface area contributed by atoms with E-state index in [0.29, 0.717) is 11.1 Å². The van der Waals surface area contributed by atoms with Gasteiger partial charge in [-0.05, 0) is 31.9 Å². The summed E-state index contributed by atoms with van der Waals surface area (Å²) < 4.78 is 0. The zero-order chi connectivity index (χ0) is 10.0. The molecule has 1 aromatic carbocycles. The Morgan fingerprint density at radius 2 is 1.77 bits per heavy atom. The number of benzene rings is 1. The highest BCUT2D eigenvalue weighted by Crippen LogP contribution is 2.17. The maximum atomic E-state index is 11.2. The van der Waals surface area contributed by atoms with Crippen LogP contribution in [0.2, 0.25) is 0 Å². The fraction of sp³-hybridized carbons (Fsp3) is 0.273. The molecule has 0 unspecified atom stereocenters. The van der Waals surface area contributed by atoms with Gasteiger partial charge in [-0.2, -0.15) is 0 Å². The molecule has 0 aliphatic heterocycles. The molecule has 1 rings (SSSR count). The third-order valence-electron chi connectivity index (χ3n) is 2.14. The second kappa shape index (κ2) is 3.52. The molecule has 2 nitrogen and oxygen atoms in total. The van der Waals surface area contributed by atoms with E-state index < -0.39 is 0 Å². The van der Waals surface area contributed by atoms with Crippen molar-refractivity contribution >= 4 is 12.1 Å². The minimum Gasteiger partial charge on any atom is -0.298 e. The van der Waals surface area contributed by atoms with Crippen LogP contribution in [0.4, 0.5) is 0 Å². The summed E-state index contributed by atoms with van der Waals surface area (Å²) >= 11 is 0. The molecular weight excluding hydrogens is 164 g/mol. The summed E-state index contributed by atoms with van der Waals surface area (Å²) in [7, 11) is 0. The van der Waals surface area contributed by atoms with E-state index in [1.807, 2.05) is 26.0 Å². The Balaban J connectivity index is 3.52. The summed E-state index contributed by atoms with van der Waals surface area (Å²) in [5.41, 5.74) is 2.79. The summed E-state index contributed by atoms with van der Waals surface area (Å²) in [6, 6.07) is 3.71. The van der Waals surface area contributed by atoms with Gasteiger partial charge in [0.2, 0.25) is 0 Å². The number of aldehydes is 1. The monoisotopic (exact) mass is 176 g/mol. The average molecular weight is 176 g/mol.